The number of sulfonamides is 1. The molecule has 0 aliphatic heterocycles. The summed E-state index contributed by atoms with van der Waals surface area (Å²) in [5, 5.41) is 3.44. The summed E-state index contributed by atoms with van der Waals surface area (Å²) in [7, 11) is -1.68. The number of halogens is 3. The van der Waals surface area contributed by atoms with E-state index in [1.54, 1.807) is 18.2 Å². The van der Waals surface area contributed by atoms with Gasteiger partial charge in [0.05, 0.1) is 34.8 Å². The second kappa shape index (κ2) is 16.7. The van der Waals surface area contributed by atoms with Crippen molar-refractivity contribution in [2.24, 2.45) is 0 Å². The Morgan fingerprint density at radius 3 is 2.17 bits per heavy atom. The number of benzene rings is 4. The second-order valence-corrected chi connectivity index (χ2v) is 13.4. The van der Waals surface area contributed by atoms with Gasteiger partial charge in [-0.15, -0.1) is 0 Å². The third-order valence-corrected chi connectivity index (χ3v) is 10.0. The molecule has 9 nitrogen and oxygen atoms in total. The van der Waals surface area contributed by atoms with Crippen LogP contribution in [0.1, 0.15) is 24.5 Å². The molecule has 0 bridgehead atoms. The zero-order valence-electron chi connectivity index (χ0n) is 26.7. The van der Waals surface area contributed by atoms with Gasteiger partial charge in [0.25, 0.3) is 10.0 Å². The van der Waals surface area contributed by atoms with Crippen molar-refractivity contribution in [3.63, 3.8) is 0 Å². The highest BCUT2D eigenvalue weighted by Gasteiger charge is 2.35. The zero-order valence-corrected chi connectivity index (χ0v) is 29.0. The molecule has 0 aliphatic rings. The van der Waals surface area contributed by atoms with Crippen LogP contribution in [0.4, 0.5) is 10.1 Å². The predicted octanol–water partition coefficient (Wildman–Crippen LogP) is 6.51. The summed E-state index contributed by atoms with van der Waals surface area (Å²) in [5.74, 6) is -1.24. The fourth-order valence-electron chi connectivity index (χ4n) is 4.99. The summed E-state index contributed by atoms with van der Waals surface area (Å²) in [4.78, 5) is 29.4. The summed E-state index contributed by atoms with van der Waals surface area (Å²) in [6.07, 6.45) is 0.800. The minimum atomic E-state index is -4.47. The molecular formula is C35H36Cl2FN3O6S. The van der Waals surface area contributed by atoms with Crippen LogP contribution in [0, 0.1) is 5.82 Å². The number of rotatable bonds is 15. The molecule has 4 aromatic carbocycles. The van der Waals surface area contributed by atoms with Crippen LogP contribution in [-0.4, -0.2) is 58.5 Å². The molecule has 1 atom stereocenters. The van der Waals surface area contributed by atoms with Gasteiger partial charge in [-0.1, -0.05) is 66.5 Å². The van der Waals surface area contributed by atoms with Gasteiger partial charge in [-0.2, -0.15) is 0 Å². The van der Waals surface area contributed by atoms with E-state index in [2.05, 4.69) is 5.32 Å². The van der Waals surface area contributed by atoms with E-state index in [0.29, 0.717) is 29.3 Å². The van der Waals surface area contributed by atoms with E-state index in [4.69, 9.17) is 32.7 Å². The monoisotopic (exact) mass is 715 g/mol. The maximum Gasteiger partial charge on any atom is 0.264 e. The quantitative estimate of drug-likeness (QED) is 0.151. The first-order valence-electron chi connectivity index (χ1n) is 15.0. The molecule has 48 heavy (non-hydrogen) atoms. The normalized spacial score (nSPS) is 11.8. The number of nitrogens with zero attached hydrogens (tertiary/aromatic N) is 2. The Bertz CT molecular complexity index is 1830. The SMILES string of the molecule is CCCNC(=O)[C@@H](Cc1ccccc1)N(Cc1ccc(Cl)c(Cl)c1)C(=O)CN(c1ccc(F)cc1)S(=O)(=O)c1ccc(OC)c(OC)c1. The maximum absolute atomic E-state index is 14.5. The van der Waals surface area contributed by atoms with Crippen molar-refractivity contribution in [2.45, 2.75) is 37.2 Å². The predicted molar refractivity (Wildman–Crippen MR) is 185 cm³/mol. The Labute approximate surface area is 290 Å². The lowest BCUT2D eigenvalue weighted by atomic mass is 10.0. The standard InChI is InChI=1S/C35H36Cl2FN3O6S/c1-4-18-39-35(43)31(20-24-8-6-5-7-9-24)40(22-25-10-16-29(36)30(37)19-25)34(42)23-41(27-13-11-26(38)12-14-27)48(44,45)28-15-17-32(46-2)33(21-28)47-3/h5-17,19,21,31H,4,18,20,22-23H2,1-3H3,(H,39,43)/t31-/m1/s1. The molecular weight excluding hydrogens is 680 g/mol. The molecule has 0 unspecified atom stereocenters. The molecule has 1 N–H and O–H groups in total. The van der Waals surface area contributed by atoms with Gasteiger partial charge < -0.3 is 19.7 Å². The van der Waals surface area contributed by atoms with Gasteiger partial charge in [-0.25, -0.2) is 12.8 Å². The lowest BCUT2D eigenvalue weighted by Crippen LogP contribution is -2.53. The second-order valence-electron chi connectivity index (χ2n) is 10.8. The molecule has 0 aromatic heterocycles. The average Bonchev–Trinajstić information content (AvgIpc) is 3.09. The smallest absolute Gasteiger partial charge is 0.264 e. The van der Waals surface area contributed by atoms with Crippen LogP contribution in [-0.2, 0) is 32.6 Å². The van der Waals surface area contributed by atoms with Crippen molar-refractivity contribution < 1.29 is 31.9 Å². The highest BCUT2D eigenvalue weighted by molar-refractivity contribution is 7.92. The van der Waals surface area contributed by atoms with Crippen molar-refractivity contribution in [3.8, 4) is 11.5 Å². The van der Waals surface area contributed by atoms with Crippen molar-refractivity contribution in [2.75, 3.05) is 31.6 Å². The number of hydrogen-bond acceptors (Lipinski definition) is 6. The van der Waals surface area contributed by atoms with Crippen molar-refractivity contribution in [3.05, 3.63) is 118 Å². The molecule has 2 amide bonds. The van der Waals surface area contributed by atoms with Crippen LogP contribution in [0.5, 0.6) is 11.5 Å². The summed E-state index contributed by atoms with van der Waals surface area (Å²) in [6.45, 7) is 1.45. The van der Waals surface area contributed by atoms with E-state index in [-0.39, 0.29) is 34.3 Å². The average molecular weight is 717 g/mol. The molecule has 4 rings (SSSR count). The maximum atomic E-state index is 14.5. The Morgan fingerprint density at radius 2 is 1.54 bits per heavy atom. The van der Waals surface area contributed by atoms with Crippen LogP contribution >= 0.6 is 23.2 Å². The molecule has 254 valence electrons. The number of nitrogens with one attached hydrogen (secondary N) is 1. The van der Waals surface area contributed by atoms with Gasteiger partial charge in [-0.3, -0.25) is 13.9 Å². The van der Waals surface area contributed by atoms with E-state index in [1.165, 1.54) is 49.5 Å². The first-order chi connectivity index (χ1) is 23.0. The summed E-state index contributed by atoms with van der Waals surface area (Å²) >= 11 is 12.5. The van der Waals surface area contributed by atoms with Gasteiger partial charge in [0, 0.05) is 25.6 Å². The zero-order chi connectivity index (χ0) is 34.8. The van der Waals surface area contributed by atoms with Gasteiger partial charge in [0.2, 0.25) is 11.8 Å². The number of anilines is 1. The number of carbonyl (C=O) groups is 2. The summed E-state index contributed by atoms with van der Waals surface area (Å²) in [5.41, 5.74) is 1.38. The fourth-order valence-corrected chi connectivity index (χ4v) is 6.75. The Balaban J connectivity index is 1.83. The van der Waals surface area contributed by atoms with E-state index in [1.807, 2.05) is 37.3 Å². The van der Waals surface area contributed by atoms with Crippen molar-refractivity contribution in [1.82, 2.24) is 10.2 Å². The van der Waals surface area contributed by atoms with E-state index >= 15 is 0 Å². The lowest BCUT2D eigenvalue weighted by molar-refractivity contribution is -0.140. The third kappa shape index (κ3) is 8.97. The molecule has 0 heterocycles. The molecule has 0 fully saturated rings. The molecule has 0 saturated heterocycles. The summed E-state index contributed by atoms with van der Waals surface area (Å²) in [6, 6.07) is 21.7. The minimum absolute atomic E-state index is 0.0315. The molecule has 0 radical (unpaired) electrons. The Hall–Kier alpha value is -4.32. The number of carbonyl (C=O) groups excluding carboxylic acids is 2. The van der Waals surface area contributed by atoms with E-state index < -0.39 is 40.2 Å². The van der Waals surface area contributed by atoms with Gasteiger partial charge >= 0.3 is 0 Å². The topological polar surface area (TPSA) is 105 Å². The first kappa shape index (κ1) is 36.5. The first-order valence-corrected chi connectivity index (χ1v) is 17.2. The fraction of sp³-hybridized carbons (Fsp3) is 0.257. The highest BCUT2D eigenvalue weighted by atomic mass is 35.5. The van der Waals surface area contributed by atoms with Gasteiger partial charge in [-0.05, 0) is 66.1 Å². The number of amides is 2. The van der Waals surface area contributed by atoms with Crippen molar-refractivity contribution in [1.29, 1.82) is 0 Å². The van der Waals surface area contributed by atoms with Crippen LogP contribution in [0.25, 0.3) is 0 Å². The lowest BCUT2D eigenvalue weighted by Gasteiger charge is -2.34. The van der Waals surface area contributed by atoms with Crippen LogP contribution in [0.3, 0.4) is 0 Å². The largest absolute Gasteiger partial charge is 0.493 e. The number of ether oxygens (including phenoxy) is 2. The number of methoxy groups -OCH3 is 2. The highest BCUT2D eigenvalue weighted by Crippen LogP contribution is 2.33. The number of hydrogen-bond donors (Lipinski definition) is 1. The van der Waals surface area contributed by atoms with Crippen LogP contribution in [0.2, 0.25) is 10.0 Å². The van der Waals surface area contributed by atoms with Crippen molar-refractivity contribution >= 4 is 50.7 Å². The molecule has 4 aromatic rings. The Morgan fingerprint density at radius 1 is 0.854 bits per heavy atom. The van der Waals surface area contributed by atoms with Gasteiger partial charge in [0.15, 0.2) is 11.5 Å². The minimum Gasteiger partial charge on any atom is -0.493 e. The van der Waals surface area contributed by atoms with Crippen LogP contribution < -0.4 is 19.1 Å². The van der Waals surface area contributed by atoms with E-state index in [9.17, 15) is 22.4 Å². The molecule has 0 aliphatic carbocycles. The van der Waals surface area contributed by atoms with Crippen LogP contribution in [0.15, 0.2) is 95.9 Å². The molecule has 13 heteroatoms. The van der Waals surface area contributed by atoms with Gasteiger partial charge in [0.1, 0.15) is 18.4 Å². The molecule has 0 spiro atoms. The van der Waals surface area contributed by atoms with E-state index in [0.717, 1.165) is 22.0 Å². The molecule has 0 saturated carbocycles. The Kier molecular flexibility index (Phi) is 12.7. The third-order valence-electron chi connectivity index (χ3n) is 7.49. The summed E-state index contributed by atoms with van der Waals surface area (Å²) < 4.78 is 54.0.